The van der Waals surface area contributed by atoms with Crippen LogP contribution < -0.4 is 29.6 Å². The maximum absolute atomic E-state index is 10.7. The molecule has 0 aliphatic rings. The molecule has 0 saturated heterocycles. The van der Waals surface area contributed by atoms with Crippen LogP contribution in [-0.4, -0.2) is 18.4 Å². The molecule has 3 nitrogen and oxygen atoms in total. The predicted molar refractivity (Wildman–Crippen MR) is 37.6 cm³/mol. The number of Topliss-reactive ketones (excluding diaryl/α,β-unsaturated/α-hetero) is 1. The van der Waals surface area contributed by atoms with Crippen molar-refractivity contribution in [1.82, 2.24) is 0 Å². The molecule has 11 heavy (non-hydrogen) atoms. The summed E-state index contributed by atoms with van der Waals surface area (Å²) in [4.78, 5) is 21.3. The number of hydrogen-bond acceptors (Lipinski definition) is 3. The van der Waals surface area contributed by atoms with Crippen molar-refractivity contribution in [2.45, 2.75) is 20.8 Å². The first kappa shape index (κ1) is 13.7. The van der Waals surface area contributed by atoms with E-state index in [-0.39, 0.29) is 36.8 Å². The molecule has 0 N–H and O–H groups in total. The normalized spacial score (nSPS) is 11.2. The van der Waals surface area contributed by atoms with E-state index in [1.807, 2.05) is 0 Å². The van der Waals surface area contributed by atoms with Gasteiger partial charge in [-0.15, -0.1) is 0 Å². The van der Waals surface area contributed by atoms with E-state index < -0.39 is 11.9 Å². The van der Waals surface area contributed by atoms with Crippen molar-refractivity contribution < 1.29 is 45.3 Å². The predicted octanol–water partition coefficient (Wildman–Crippen LogP) is -2.11. The van der Waals surface area contributed by atoms with Gasteiger partial charge in [0.05, 0.1) is 6.61 Å². The van der Waals surface area contributed by atoms with Crippen molar-refractivity contribution in [2.24, 2.45) is 5.92 Å². The third-order valence-corrected chi connectivity index (χ3v) is 1.25. The summed E-state index contributed by atoms with van der Waals surface area (Å²) in [5.74, 6) is -1.20. The van der Waals surface area contributed by atoms with Crippen LogP contribution in [0, 0.1) is 5.92 Å². The van der Waals surface area contributed by atoms with Crippen LogP contribution in [0.4, 0.5) is 0 Å². The molecule has 0 aliphatic heterocycles. The van der Waals surface area contributed by atoms with Crippen molar-refractivity contribution in [2.75, 3.05) is 6.61 Å². The first-order chi connectivity index (χ1) is 4.59. The van der Waals surface area contributed by atoms with E-state index in [4.69, 9.17) is 0 Å². The zero-order chi connectivity index (χ0) is 8.15. The Hall–Kier alpha value is 0.140. The molecular formula is C7H13NaO3. The molecule has 0 fully saturated rings. The maximum Gasteiger partial charge on any atom is 1.00 e. The number of ether oxygens (including phenoxy) is 1. The van der Waals surface area contributed by atoms with E-state index in [2.05, 4.69) is 4.74 Å². The van der Waals surface area contributed by atoms with Gasteiger partial charge in [0.1, 0.15) is 11.7 Å². The van der Waals surface area contributed by atoms with Crippen molar-refractivity contribution in [1.29, 1.82) is 0 Å². The third kappa shape index (κ3) is 5.41. The van der Waals surface area contributed by atoms with E-state index in [1.165, 1.54) is 6.92 Å². The van der Waals surface area contributed by atoms with Crippen LogP contribution >= 0.6 is 0 Å². The van der Waals surface area contributed by atoms with Gasteiger partial charge in [0.15, 0.2) is 0 Å². The van der Waals surface area contributed by atoms with Gasteiger partial charge >= 0.3 is 35.5 Å². The fraction of sp³-hybridized carbons (Fsp3) is 0.714. The molecule has 0 bridgehead atoms. The van der Waals surface area contributed by atoms with Crippen LogP contribution in [-0.2, 0) is 14.3 Å². The van der Waals surface area contributed by atoms with E-state index in [0.29, 0.717) is 6.61 Å². The fourth-order valence-electron chi connectivity index (χ4n) is 0.433. The smallest absolute Gasteiger partial charge is 1.00 e. The fourth-order valence-corrected chi connectivity index (χ4v) is 0.433. The van der Waals surface area contributed by atoms with Crippen molar-refractivity contribution >= 4 is 11.8 Å². The largest absolute Gasteiger partial charge is 1.00 e. The van der Waals surface area contributed by atoms with E-state index in [9.17, 15) is 9.59 Å². The summed E-state index contributed by atoms with van der Waals surface area (Å²) in [6, 6.07) is 0. The van der Waals surface area contributed by atoms with Gasteiger partial charge in [0.2, 0.25) is 0 Å². The van der Waals surface area contributed by atoms with Gasteiger partial charge in [-0.3, -0.25) is 9.59 Å². The maximum atomic E-state index is 10.7. The Morgan fingerprint density at radius 2 is 2.00 bits per heavy atom. The van der Waals surface area contributed by atoms with E-state index in [0.717, 1.165) is 0 Å². The molecule has 0 heterocycles. The van der Waals surface area contributed by atoms with E-state index >= 15 is 0 Å². The monoisotopic (exact) mass is 168 g/mol. The van der Waals surface area contributed by atoms with Crippen molar-refractivity contribution in [3.8, 4) is 0 Å². The summed E-state index contributed by atoms with van der Waals surface area (Å²) in [7, 11) is 0. The second-order valence-electron chi connectivity index (χ2n) is 2.08. The zero-order valence-electron chi connectivity index (χ0n) is 8.51. The summed E-state index contributed by atoms with van der Waals surface area (Å²) in [5.41, 5.74) is 0. The van der Waals surface area contributed by atoms with Crippen LogP contribution in [0.25, 0.3) is 0 Å². The Balaban J connectivity index is -0.000000405. The van der Waals surface area contributed by atoms with Crippen LogP contribution in [0.3, 0.4) is 0 Å². The minimum Gasteiger partial charge on any atom is -1.00 e. The molecule has 0 amide bonds. The van der Waals surface area contributed by atoms with Crippen molar-refractivity contribution in [3.63, 3.8) is 0 Å². The van der Waals surface area contributed by atoms with Gasteiger partial charge in [0, 0.05) is 0 Å². The molecule has 1 atom stereocenters. The minimum absolute atomic E-state index is 0. The van der Waals surface area contributed by atoms with Crippen LogP contribution in [0.5, 0.6) is 0 Å². The van der Waals surface area contributed by atoms with Gasteiger partial charge < -0.3 is 6.16 Å². The van der Waals surface area contributed by atoms with E-state index in [1.54, 1.807) is 13.8 Å². The number of esters is 1. The zero-order valence-corrected chi connectivity index (χ0v) is 9.51. The summed E-state index contributed by atoms with van der Waals surface area (Å²) in [6.07, 6.45) is 0. The van der Waals surface area contributed by atoms with Gasteiger partial charge in [-0.1, -0.05) is 0 Å². The molecular weight excluding hydrogens is 155 g/mol. The molecule has 4 heteroatoms. The number of ketones is 1. The summed E-state index contributed by atoms with van der Waals surface area (Å²) >= 11 is 0. The van der Waals surface area contributed by atoms with Gasteiger partial charge in [-0.05, 0) is 20.8 Å². The standard InChI is InChI=1S/C7H12O3.Na.H/c1-4-10-7(9)5(2)6(3)8;;/h5H,4H2,1-3H3;;/q;+1;-1. The van der Waals surface area contributed by atoms with Crippen LogP contribution in [0.1, 0.15) is 22.2 Å². The topological polar surface area (TPSA) is 43.4 Å². The molecule has 60 valence electrons. The molecule has 0 aromatic rings. The summed E-state index contributed by atoms with van der Waals surface area (Å²) in [5, 5.41) is 0. The molecule has 0 aromatic heterocycles. The summed E-state index contributed by atoms with van der Waals surface area (Å²) < 4.78 is 4.61. The van der Waals surface area contributed by atoms with Crippen LogP contribution in [0.15, 0.2) is 0 Å². The third-order valence-electron chi connectivity index (χ3n) is 1.25. The SMILES string of the molecule is CCOC(=O)C(C)C(C)=O.[H-].[Na+]. The molecule has 0 rings (SSSR count). The van der Waals surface area contributed by atoms with Crippen molar-refractivity contribution in [3.05, 3.63) is 0 Å². The molecule has 0 aliphatic carbocycles. The average molecular weight is 168 g/mol. The van der Waals surface area contributed by atoms with Gasteiger partial charge in [-0.2, -0.15) is 0 Å². The first-order valence-electron chi connectivity index (χ1n) is 3.26. The Labute approximate surface area is 90.3 Å². The number of carbonyl (C=O) groups is 2. The quantitative estimate of drug-likeness (QED) is 0.275. The Morgan fingerprint density at radius 1 is 1.55 bits per heavy atom. The second-order valence-corrected chi connectivity index (χ2v) is 2.08. The Bertz CT molecular complexity index is 150. The molecule has 0 spiro atoms. The number of hydrogen-bond donors (Lipinski definition) is 0. The molecule has 1 unspecified atom stereocenters. The van der Waals surface area contributed by atoms with Gasteiger partial charge in [-0.25, -0.2) is 0 Å². The Morgan fingerprint density at radius 3 is 2.27 bits per heavy atom. The first-order valence-corrected chi connectivity index (χ1v) is 3.26. The minimum atomic E-state index is -0.611. The molecule has 0 aromatic carbocycles. The molecule has 0 saturated carbocycles. The Kier molecular flexibility index (Phi) is 8.51. The van der Waals surface area contributed by atoms with Crippen LogP contribution in [0.2, 0.25) is 0 Å². The molecule has 0 radical (unpaired) electrons. The van der Waals surface area contributed by atoms with Gasteiger partial charge in [0.25, 0.3) is 0 Å². The number of rotatable bonds is 3. The second kappa shape index (κ2) is 6.83. The average Bonchev–Trinajstić information content (AvgIpc) is 1.87. The summed E-state index contributed by atoms with van der Waals surface area (Å²) in [6.45, 7) is 4.96. The number of carbonyl (C=O) groups excluding carboxylic acids is 2.